The standard InChI is InChI=1S/C17H22O5/c1-4-9-21-16(18)15(17(19)22-10-5-2)12-13-7-6-8-14(11-13)20-3/h6-8,11-12H,4-5,9-10H2,1-3H3. The van der Waals surface area contributed by atoms with Crippen molar-refractivity contribution in [2.75, 3.05) is 20.3 Å². The van der Waals surface area contributed by atoms with Gasteiger partial charge in [-0.05, 0) is 36.6 Å². The quantitative estimate of drug-likeness (QED) is 0.320. The van der Waals surface area contributed by atoms with Crippen LogP contribution in [0.1, 0.15) is 32.3 Å². The average molecular weight is 306 g/mol. The number of hydrogen-bond donors (Lipinski definition) is 0. The third-order valence-electron chi connectivity index (χ3n) is 2.72. The summed E-state index contributed by atoms with van der Waals surface area (Å²) in [6, 6.07) is 7.04. The summed E-state index contributed by atoms with van der Waals surface area (Å²) in [7, 11) is 1.55. The van der Waals surface area contributed by atoms with Crippen molar-refractivity contribution >= 4 is 18.0 Å². The minimum Gasteiger partial charge on any atom is -0.497 e. The molecule has 22 heavy (non-hydrogen) atoms. The zero-order valence-corrected chi connectivity index (χ0v) is 13.3. The summed E-state index contributed by atoms with van der Waals surface area (Å²) in [5.41, 5.74) is 0.548. The van der Waals surface area contributed by atoms with Gasteiger partial charge in [0.25, 0.3) is 0 Å². The van der Waals surface area contributed by atoms with E-state index in [2.05, 4.69) is 0 Å². The molecule has 5 nitrogen and oxygen atoms in total. The molecular formula is C17H22O5. The van der Waals surface area contributed by atoms with Crippen LogP contribution in [0, 0.1) is 0 Å². The predicted molar refractivity (Wildman–Crippen MR) is 83.5 cm³/mol. The molecule has 1 rings (SSSR count). The van der Waals surface area contributed by atoms with E-state index in [1.54, 1.807) is 31.4 Å². The fourth-order valence-electron chi connectivity index (χ4n) is 1.64. The number of hydrogen-bond acceptors (Lipinski definition) is 5. The van der Waals surface area contributed by atoms with Crippen LogP contribution < -0.4 is 4.74 Å². The minimum absolute atomic E-state index is 0.116. The lowest BCUT2D eigenvalue weighted by Gasteiger charge is -2.08. The van der Waals surface area contributed by atoms with E-state index >= 15 is 0 Å². The first-order chi connectivity index (χ1) is 10.6. The molecule has 0 saturated carbocycles. The Bertz CT molecular complexity index is 512. The molecule has 0 saturated heterocycles. The third kappa shape index (κ3) is 5.60. The highest BCUT2D eigenvalue weighted by Gasteiger charge is 2.21. The number of benzene rings is 1. The Morgan fingerprint density at radius 3 is 2.14 bits per heavy atom. The van der Waals surface area contributed by atoms with Gasteiger partial charge in [0.1, 0.15) is 11.3 Å². The van der Waals surface area contributed by atoms with Crippen LogP contribution in [0.25, 0.3) is 6.08 Å². The Morgan fingerprint density at radius 2 is 1.64 bits per heavy atom. The predicted octanol–water partition coefficient (Wildman–Crippen LogP) is 2.99. The monoisotopic (exact) mass is 306 g/mol. The van der Waals surface area contributed by atoms with Gasteiger partial charge in [-0.25, -0.2) is 9.59 Å². The van der Waals surface area contributed by atoms with Gasteiger partial charge in [-0.3, -0.25) is 0 Å². The van der Waals surface area contributed by atoms with E-state index < -0.39 is 11.9 Å². The van der Waals surface area contributed by atoms with Crippen LogP contribution in [0.2, 0.25) is 0 Å². The Kier molecular flexibility index (Phi) is 7.75. The number of ether oxygens (including phenoxy) is 3. The van der Waals surface area contributed by atoms with Crippen LogP contribution in [0.4, 0.5) is 0 Å². The summed E-state index contributed by atoms with van der Waals surface area (Å²) in [6.07, 6.45) is 2.82. The first-order valence-corrected chi connectivity index (χ1v) is 7.32. The van der Waals surface area contributed by atoms with Crippen LogP contribution in [0.3, 0.4) is 0 Å². The Morgan fingerprint density at radius 1 is 1.05 bits per heavy atom. The van der Waals surface area contributed by atoms with E-state index in [1.807, 2.05) is 13.8 Å². The zero-order chi connectivity index (χ0) is 16.4. The fraction of sp³-hybridized carbons (Fsp3) is 0.412. The van der Waals surface area contributed by atoms with Gasteiger partial charge in [0, 0.05) is 0 Å². The van der Waals surface area contributed by atoms with Crippen molar-refractivity contribution in [3.8, 4) is 5.75 Å². The van der Waals surface area contributed by atoms with Gasteiger partial charge in [0.2, 0.25) is 0 Å². The molecule has 0 amide bonds. The van der Waals surface area contributed by atoms with Crippen LogP contribution >= 0.6 is 0 Å². The molecule has 0 N–H and O–H groups in total. The molecule has 0 aliphatic rings. The lowest BCUT2D eigenvalue weighted by molar-refractivity contribution is -0.147. The molecule has 0 aromatic heterocycles. The van der Waals surface area contributed by atoms with Gasteiger partial charge < -0.3 is 14.2 Å². The molecular weight excluding hydrogens is 284 g/mol. The van der Waals surface area contributed by atoms with Crippen LogP contribution in [-0.4, -0.2) is 32.3 Å². The maximum atomic E-state index is 12.0. The van der Waals surface area contributed by atoms with E-state index in [4.69, 9.17) is 14.2 Å². The second-order valence-electron chi connectivity index (χ2n) is 4.61. The second-order valence-corrected chi connectivity index (χ2v) is 4.61. The Balaban J connectivity index is 3.03. The average Bonchev–Trinajstić information content (AvgIpc) is 2.55. The van der Waals surface area contributed by atoms with Crippen molar-refractivity contribution in [2.45, 2.75) is 26.7 Å². The molecule has 0 fully saturated rings. The summed E-state index contributed by atoms with van der Waals surface area (Å²) >= 11 is 0. The van der Waals surface area contributed by atoms with Crippen molar-refractivity contribution in [1.82, 2.24) is 0 Å². The summed E-state index contributed by atoms with van der Waals surface area (Å²) in [6.45, 7) is 4.28. The van der Waals surface area contributed by atoms with Gasteiger partial charge in [-0.15, -0.1) is 0 Å². The van der Waals surface area contributed by atoms with E-state index in [0.29, 0.717) is 24.2 Å². The smallest absolute Gasteiger partial charge is 0.345 e. The van der Waals surface area contributed by atoms with E-state index in [1.165, 1.54) is 6.08 Å². The van der Waals surface area contributed by atoms with Crippen LogP contribution in [0.15, 0.2) is 29.8 Å². The van der Waals surface area contributed by atoms with Crippen LogP contribution in [0.5, 0.6) is 5.75 Å². The number of carbonyl (C=O) groups is 2. The largest absolute Gasteiger partial charge is 0.497 e. The van der Waals surface area contributed by atoms with Crippen molar-refractivity contribution in [2.24, 2.45) is 0 Å². The van der Waals surface area contributed by atoms with Crippen molar-refractivity contribution in [1.29, 1.82) is 0 Å². The maximum Gasteiger partial charge on any atom is 0.345 e. The fourth-order valence-corrected chi connectivity index (χ4v) is 1.64. The third-order valence-corrected chi connectivity index (χ3v) is 2.72. The lowest BCUT2D eigenvalue weighted by atomic mass is 10.1. The highest BCUT2D eigenvalue weighted by molar-refractivity contribution is 6.17. The molecule has 0 unspecified atom stereocenters. The number of rotatable bonds is 8. The Labute approximate surface area is 130 Å². The summed E-state index contributed by atoms with van der Waals surface area (Å²) in [5.74, 6) is -0.714. The molecule has 1 aromatic carbocycles. The maximum absolute atomic E-state index is 12.0. The van der Waals surface area contributed by atoms with Crippen molar-refractivity contribution in [3.05, 3.63) is 35.4 Å². The summed E-state index contributed by atoms with van der Waals surface area (Å²) in [4.78, 5) is 24.1. The molecule has 0 radical (unpaired) electrons. The molecule has 0 spiro atoms. The molecule has 0 bridgehead atoms. The number of esters is 2. The van der Waals surface area contributed by atoms with Gasteiger partial charge >= 0.3 is 11.9 Å². The second kappa shape index (κ2) is 9.60. The summed E-state index contributed by atoms with van der Waals surface area (Å²) < 4.78 is 15.2. The Hall–Kier alpha value is -2.30. The van der Waals surface area contributed by atoms with Gasteiger partial charge in [0.05, 0.1) is 20.3 Å². The van der Waals surface area contributed by atoms with Gasteiger partial charge in [0.15, 0.2) is 0 Å². The highest BCUT2D eigenvalue weighted by Crippen LogP contribution is 2.16. The molecule has 0 aliphatic heterocycles. The van der Waals surface area contributed by atoms with E-state index in [0.717, 1.165) is 0 Å². The molecule has 0 atom stereocenters. The first kappa shape index (κ1) is 17.8. The van der Waals surface area contributed by atoms with E-state index in [-0.39, 0.29) is 18.8 Å². The number of methoxy groups -OCH3 is 1. The van der Waals surface area contributed by atoms with Crippen LogP contribution in [-0.2, 0) is 19.1 Å². The minimum atomic E-state index is -0.675. The van der Waals surface area contributed by atoms with Gasteiger partial charge in [-0.2, -0.15) is 0 Å². The molecule has 0 aliphatic carbocycles. The lowest BCUT2D eigenvalue weighted by Crippen LogP contribution is -2.19. The van der Waals surface area contributed by atoms with Crippen molar-refractivity contribution < 1.29 is 23.8 Å². The normalized spacial score (nSPS) is 9.77. The molecule has 120 valence electrons. The molecule has 5 heteroatoms. The highest BCUT2D eigenvalue weighted by atomic mass is 16.6. The summed E-state index contributed by atoms with van der Waals surface area (Å²) in [5, 5.41) is 0. The SMILES string of the molecule is CCCOC(=O)C(=Cc1cccc(OC)c1)C(=O)OCCC. The zero-order valence-electron chi connectivity index (χ0n) is 13.3. The molecule has 0 heterocycles. The van der Waals surface area contributed by atoms with Gasteiger partial charge in [-0.1, -0.05) is 26.0 Å². The topological polar surface area (TPSA) is 61.8 Å². The first-order valence-electron chi connectivity index (χ1n) is 7.32. The molecule has 1 aromatic rings. The van der Waals surface area contributed by atoms with E-state index in [9.17, 15) is 9.59 Å². The number of carbonyl (C=O) groups excluding carboxylic acids is 2. The van der Waals surface area contributed by atoms with Crippen molar-refractivity contribution in [3.63, 3.8) is 0 Å².